The summed E-state index contributed by atoms with van der Waals surface area (Å²) in [7, 11) is 0. The summed E-state index contributed by atoms with van der Waals surface area (Å²) >= 11 is 0. The highest BCUT2D eigenvalue weighted by Crippen LogP contribution is 2.33. The lowest BCUT2D eigenvalue weighted by Gasteiger charge is -2.32. The van der Waals surface area contributed by atoms with Crippen molar-refractivity contribution < 1.29 is 14.3 Å². The van der Waals surface area contributed by atoms with Crippen molar-refractivity contribution in [1.29, 1.82) is 0 Å². The van der Waals surface area contributed by atoms with Gasteiger partial charge in [-0.25, -0.2) is 4.98 Å². The van der Waals surface area contributed by atoms with Gasteiger partial charge in [-0.2, -0.15) is 0 Å². The third-order valence-corrected chi connectivity index (χ3v) is 3.81. The zero-order valence-electron chi connectivity index (χ0n) is 13.7. The smallest absolute Gasteiger partial charge is 0.267 e. The van der Waals surface area contributed by atoms with E-state index >= 15 is 0 Å². The number of rotatable bonds is 4. The fourth-order valence-electron chi connectivity index (χ4n) is 2.55. The molecular weight excluding hydrogens is 306 g/mol. The summed E-state index contributed by atoms with van der Waals surface area (Å²) in [5, 5.41) is 2.74. The Morgan fingerprint density at radius 2 is 2.08 bits per heavy atom. The molecular formula is C18H19N3O3. The molecule has 0 aliphatic carbocycles. The van der Waals surface area contributed by atoms with Crippen molar-refractivity contribution >= 4 is 23.3 Å². The van der Waals surface area contributed by atoms with Gasteiger partial charge in [0, 0.05) is 19.2 Å². The monoisotopic (exact) mass is 325 g/mol. The first-order valence-corrected chi connectivity index (χ1v) is 7.84. The molecule has 1 aromatic carbocycles. The van der Waals surface area contributed by atoms with Crippen LogP contribution in [-0.2, 0) is 9.59 Å². The molecule has 0 saturated carbocycles. The Morgan fingerprint density at radius 1 is 1.29 bits per heavy atom. The quantitative estimate of drug-likeness (QED) is 0.937. The molecule has 2 heterocycles. The molecule has 0 fully saturated rings. The molecule has 1 unspecified atom stereocenters. The second-order valence-corrected chi connectivity index (χ2v) is 5.74. The van der Waals surface area contributed by atoms with Gasteiger partial charge in [-0.15, -0.1) is 0 Å². The highest BCUT2D eigenvalue weighted by Gasteiger charge is 2.31. The van der Waals surface area contributed by atoms with Crippen LogP contribution in [0.15, 0.2) is 42.6 Å². The number of aryl methyl sites for hydroxylation is 1. The maximum Gasteiger partial charge on any atom is 0.267 e. The predicted molar refractivity (Wildman–Crippen MR) is 91.1 cm³/mol. The van der Waals surface area contributed by atoms with Crippen molar-refractivity contribution in [2.75, 3.05) is 16.8 Å². The number of carbonyl (C=O) groups is 2. The third kappa shape index (κ3) is 3.37. The SMILES string of the molecule is Cc1ccc(NC(=O)CCN2C(=O)C(C)Oc3ccccc32)nc1. The van der Waals surface area contributed by atoms with Gasteiger partial charge in [0.2, 0.25) is 5.91 Å². The molecule has 124 valence electrons. The number of anilines is 2. The Balaban J connectivity index is 1.66. The fraction of sp³-hybridized carbons (Fsp3) is 0.278. The summed E-state index contributed by atoms with van der Waals surface area (Å²) in [6.45, 7) is 3.93. The molecule has 0 saturated heterocycles. The number of carbonyl (C=O) groups excluding carboxylic acids is 2. The number of nitrogens with one attached hydrogen (secondary N) is 1. The van der Waals surface area contributed by atoms with E-state index in [0.29, 0.717) is 23.8 Å². The number of nitrogens with zero attached hydrogens (tertiary/aromatic N) is 2. The lowest BCUT2D eigenvalue weighted by atomic mass is 10.1. The third-order valence-electron chi connectivity index (χ3n) is 3.81. The highest BCUT2D eigenvalue weighted by atomic mass is 16.5. The molecule has 2 aromatic rings. The number of ether oxygens (including phenoxy) is 1. The van der Waals surface area contributed by atoms with E-state index < -0.39 is 6.10 Å². The molecule has 0 radical (unpaired) electrons. The van der Waals surface area contributed by atoms with Gasteiger partial charge in [0.1, 0.15) is 11.6 Å². The Hall–Kier alpha value is -2.89. The van der Waals surface area contributed by atoms with Crippen molar-refractivity contribution in [3.8, 4) is 5.75 Å². The number of para-hydroxylation sites is 2. The van der Waals surface area contributed by atoms with Crippen LogP contribution in [0.3, 0.4) is 0 Å². The lowest BCUT2D eigenvalue weighted by molar-refractivity contribution is -0.125. The maximum atomic E-state index is 12.4. The molecule has 3 rings (SSSR count). The largest absolute Gasteiger partial charge is 0.479 e. The normalized spacial score (nSPS) is 16.3. The minimum Gasteiger partial charge on any atom is -0.479 e. The van der Waals surface area contributed by atoms with Crippen molar-refractivity contribution in [3.63, 3.8) is 0 Å². The van der Waals surface area contributed by atoms with Crippen LogP contribution in [0.5, 0.6) is 5.75 Å². The Bertz CT molecular complexity index is 758. The first kappa shape index (κ1) is 16.0. The zero-order valence-corrected chi connectivity index (χ0v) is 13.7. The summed E-state index contributed by atoms with van der Waals surface area (Å²) in [6.07, 6.45) is 1.32. The van der Waals surface area contributed by atoms with Gasteiger partial charge in [0.05, 0.1) is 5.69 Å². The van der Waals surface area contributed by atoms with E-state index in [4.69, 9.17) is 4.74 Å². The number of fused-ring (bicyclic) bond motifs is 1. The molecule has 1 atom stereocenters. The molecule has 24 heavy (non-hydrogen) atoms. The number of hydrogen-bond acceptors (Lipinski definition) is 4. The summed E-state index contributed by atoms with van der Waals surface area (Å²) in [5.74, 6) is 0.837. The standard InChI is InChI=1S/C18H19N3O3/c1-12-7-8-16(19-11-12)20-17(22)9-10-21-14-5-3-4-6-15(14)24-13(2)18(21)23/h3-8,11,13H,9-10H2,1-2H3,(H,19,20,22). The number of amides is 2. The van der Waals surface area contributed by atoms with Gasteiger partial charge >= 0.3 is 0 Å². The lowest BCUT2D eigenvalue weighted by Crippen LogP contribution is -2.45. The van der Waals surface area contributed by atoms with Gasteiger partial charge in [-0.3, -0.25) is 9.59 Å². The topological polar surface area (TPSA) is 71.5 Å². The molecule has 2 amide bonds. The van der Waals surface area contributed by atoms with E-state index in [0.717, 1.165) is 5.56 Å². The number of benzene rings is 1. The van der Waals surface area contributed by atoms with Crippen LogP contribution in [0.1, 0.15) is 18.9 Å². The molecule has 6 heteroatoms. The van der Waals surface area contributed by atoms with Gasteiger partial charge < -0.3 is 15.0 Å². The van der Waals surface area contributed by atoms with Gasteiger partial charge in [-0.1, -0.05) is 18.2 Å². The molecule has 1 aliphatic rings. The van der Waals surface area contributed by atoms with Gasteiger partial charge in [-0.05, 0) is 37.6 Å². The van der Waals surface area contributed by atoms with Crippen LogP contribution in [0.2, 0.25) is 0 Å². The zero-order chi connectivity index (χ0) is 17.1. The van der Waals surface area contributed by atoms with Crippen LogP contribution in [0.4, 0.5) is 11.5 Å². The summed E-state index contributed by atoms with van der Waals surface area (Å²) in [5.41, 5.74) is 1.72. The van der Waals surface area contributed by atoms with Gasteiger partial charge in [0.15, 0.2) is 6.10 Å². The molecule has 6 nitrogen and oxygen atoms in total. The van der Waals surface area contributed by atoms with Crippen LogP contribution in [0, 0.1) is 6.92 Å². The first-order valence-electron chi connectivity index (χ1n) is 7.84. The van der Waals surface area contributed by atoms with Crippen molar-refractivity contribution in [3.05, 3.63) is 48.2 Å². The molecule has 1 aliphatic heterocycles. The Kier molecular flexibility index (Phi) is 4.46. The van der Waals surface area contributed by atoms with E-state index in [1.54, 1.807) is 24.1 Å². The van der Waals surface area contributed by atoms with Crippen molar-refractivity contribution in [1.82, 2.24) is 4.98 Å². The Morgan fingerprint density at radius 3 is 2.83 bits per heavy atom. The minimum absolute atomic E-state index is 0.144. The second-order valence-electron chi connectivity index (χ2n) is 5.74. The highest BCUT2D eigenvalue weighted by molar-refractivity contribution is 6.00. The maximum absolute atomic E-state index is 12.4. The molecule has 1 aromatic heterocycles. The van der Waals surface area contributed by atoms with Crippen LogP contribution in [-0.4, -0.2) is 29.4 Å². The molecule has 0 bridgehead atoms. The van der Waals surface area contributed by atoms with Gasteiger partial charge in [0.25, 0.3) is 5.91 Å². The van der Waals surface area contributed by atoms with Crippen LogP contribution < -0.4 is 15.0 Å². The summed E-state index contributed by atoms with van der Waals surface area (Å²) < 4.78 is 5.59. The second kappa shape index (κ2) is 6.70. The van der Waals surface area contributed by atoms with Crippen molar-refractivity contribution in [2.45, 2.75) is 26.4 Å². The average Bonchev–Trinajstić information content (AvgIpc) is 2.57. The van der Waals surface area contributed by atoms with Crippen LogP contribution >= 0.6 is 0 Å². The summed E-state index contributed by atoms with van der Waals surface area (Å²) in [4.78, 5) is 30.2. The average molecular weight is 325 g/mol. The van der Waals surface area contributed by atoms with E-state index in [2.05, 4.69) is 10.3 Å². The number of pyridine rings is 1. The van der Waals surface area contributed by atoms with Crippen LogP contribution in [0.25, 0.3) is 0 Å². The first-order chi connectivity index (χ1) is 11.5. The molecule has 0 spiro atoms. The summed E-state index contributed by atoms with van der Waals surface area (Å²) in [6, 6.07) is 11.0. The number of aromatic nitrogens is 1. The van der Waals surface area contributed by atoms with E-state index in [1.165, 1.54) is 0 Å². The minimum atomic E-state index is -0.554. The number of hydrogen-bond donors (Lipinski definition) is 1. The fourth-order valence-corrected chi connectivity index (χ4v) is 2.55. The van der Waals surface area contributed by atoms with E-state index in [9.17, 15) is 9.59 Å². The molecule has 1 N–H and O–H groups in total. The van der Waals surface area contributed by atoms with E-state index in [-0.39, 0.29) is 18.2 Å². The predicted octanol–water partition coefficient (Wildman–Crippen LogP) is 2.53. The van der Waals surface area contributed by atoms with Crippen molar-refractivity contribution in [2.24, 2.45) is 0 Å². The Labute approximate surface area is 140 Å². The van der Waals surface area contributed by atoms with E-state index in [1.807, 2.05) is 37.3 Å².